The van der Waals surface area contributed by atoms with Crippen molar-refractivity contribution in [1.82, 2.24) is 5.32 Å². The van der Waals surface area contributed by atoms with Gasteiger partial charge in [-0.1, -0.05) is 34.5 Å². The molecule has 116 valence electrons. The predicted octanol–water partition coefficient (Wildman–Crippen LogP) is 3.35. The smallest absolute Gasteiger partial charge is 0.223 e. The minimum Gasteiger partial charge on any atom is -0.349 e. The molecule has 0 aliphatic heterocycles. The van der Waals surface area contributed by atoms with Crippen LogP contribution in [0.5, 0.6) is 0 Å². The number of nitrogens with two attached hydrogens (primary N) is 1. The van der Waals surface area contributed by atoms with E-state index in [1.165, 1.54) is 11.1 Å². The molecule has 3 atom stereocenters. The second-order valence-electron chi connectivity index (χ2n) is 5.94. The summed E-state index contributed by atoms with van der Waals surface area (Å²) in [5.41, 5.74) is 8.40. The fourth-order valence-corrected chi connectivity index (χ4v) is 4.28. The minimum absolute atomic E-state index is 0. The highest BCUT2D eigenvalue weighted by Gasteiger charge is 2.34. The van der Waals surface area contributed by atoms with Gasteiger partial charge in [-0.25, -0.2) is 0 Å². The normalized spacial score (nSPS) is 27.0. The van der Waals surface area contributed by atoms with Crippen molar-refractivity contribution in [3.63, 3.8) is 0 Å². The van der Waals surface area contributed by atoms with Gasteiger partial charge in [-0.05, 0) is 55.3 Å². The molecule has 0 radical (unpaired) electrons. The minimum atomic E-state index is 0. The van der Waals surface area contributed by atoms with Crippen molar-refractivity contribution in [1.29, 1.82) is 0 Å². The number of carbonyl (C=O) groups is 1. The summed E-state index contributed by atoms with van der Waals surface area (Å²) in [5, 5.41) is 3.25. The summed E-state index contributed by atoms with van der Waals surface area (Å²) >= 11 is 3.60. The number of nitrogens with one attached hydrogen (secondary N) is 1. The van der Waals surface area contributed by atoms with Crippen LogP contribution in [0.2, 0.25) is 0 Å². The molecule has 0 heterocycles. The Morgan fingerprint density at radius 3 is 2.90 bits per heavy atom. The number of hydrogen-bond acceptors (Lipinski definition) is 2. The quantitative estimate of drug-likeness (QED) is 0.853. The van der Waals surface area contributed by atoms with Gasteiger partial charge >= 0.3 is 0 Å². The molecule has 0 aromatic heterocycles. The zero-order valence-electron chi connectivity index (χ0n) is 12.0. The summed E-state index contributed by atoms with van der Waals surface area (Å²) in [6.07, 6.45) is 5.26. The summed E-state index contributed by atoms with van der Waals surface area (Å²) in [5.74, 6) is 0.699. The van der Waals surface area contributed by atoms with E-state index in [4.69, 9.17) is 5.73 Å². The van der Waals surface area contributed by atoms with Gasteiger partial charge in [0.05, 0.1) is 6.04 Å². The van der Waals surface area contributed by atoms with Crippen molar-refractivity contribution in [3.8, 4) is 0 Å². The Morgan fingerprint density at radius 2 is 2.14 bits per heavy atom. The van der Waals surface area contributed by atoms with Gasteiger partial charge in [-0.3, -0.25) is 4.79 Å². The number of fused-ring (bicyclic) bond motifs is 1. The van der Waals surface area contributed by atoms with Gasteiger partial charge < -0.3 is 11.1 Å². The van der Waals surface area contributed by atoms with E-state index >= 15 is 0 Å². The molecule has 1 unspecified atom stereocenters. The maximum absolute atomic E-state index is 12.5. The SMILES string of the molecule is Cl.NC[C@H]1CCC[C@H]1C(=O)NC1CCc2c(Br)cccc21. The molecular weight excluding hydrogens is 352 g/mol. The van der Waals surface area contributed by atoms with Gasteiger partial charge in [0.15, 0.2) is 0 Å². The molecule has 3 rings (SSSR count). The van der Waals surface area contributed by atoms with E-state index in [1.807, 2.05) is 6.07 Å². The van der Waals surface area contributed by atoms with E-state index < -0.39 is 0 Å². The molecule has 0 saturated heterocycles. The summed E-state index contributed by atoms with van der Waals surface area (Å²) in [6.45, 7) is 0.630. The monoisotopic (exact) mass is 372 g/mol. The lowest BCUT2D eigenvalue weighted by Gasteiger charge is -2.21. The van der Waals surface area contributed by atoms with Crippen LogP contribution in [0.25, 0.3) is 0 Å². The number of halogens is 2. The molecular formula is C16H22BrClN2O. The molecule has 0 spiro atoms. The Kier molecular flexibility index (Phi) is 5.69. The lowest BCUT2D eigenvalue weighted by atomic mass is 9.94. The van der Waals surface area contributed by atoms with Crippen molar-refractivity contribution < 1.29 is 4.79 Å². The van der Waals surface area contributed by atoms with Gasteiger partial charge in [0, 0.05) is 10.4 Å². The van der Waals surface area contributed by atoms with Gasteiger partial charge in [0.25, 0.3) is 0 Å². The Bertz CT molecular complexity index is 523. The van der Waals surface area contributed by atoms with Crippen LogP contribution in [0.1, 0.15) is 42.9 Å². The maximum Gasteiger partial charge on any atom is 0.223 e. The van der Waals surface area contributed by atoms with Crippen LogP contribution < -0.4 is 11.1 Å². The third kappa shape index (κ3) is 3.27. The number of rotatable bonds is 3. The number of hydrogen-bond donors (Lipinski definition) is 2. The van der Waals surface area contributed by atoms with Crippen LogP contribution in [0, 0.1) is 11.8 Å². The Balaban J connectivity index is 0.00000161. The van der Waals surface area contributed by atoms with Crippen LogP contribution in [0.4, 0.5) is 0 Å². The van der Waals surface area contributed by atoms with E-state index in [1.54, 1.807) is 0 Å². The van der Waals surface area contributed by atoms with Gasteiger partial charge in [-0.2, -0.15) is 0 Å². The second-order valence-corrected chi connectivity index (χ2v) is 6.79. The molecule has 2 aliphatic carbocycles. The van der Waals surface area contributed by atoms with E-state index in [0.717, 1.165) is 36.6 Å². The summed E-state index contributed by atoms with van der Waals surface area (Å²) in [7, 11) is 0. The van der Waals surface area contributed by atoms with Gasteiger partial charge in [-0.15, -0.1) is 12.4 Å². The van der Waals surface area contributed by atoms with Crippen LogP contribution in [0.15, 0.2) is 22.7 Å². The third-order valence-corrected chi connectivity index (χ3v) is 5.57. The van der Waals surface area contributed by atoms with Gasteiger partial charge in [0.2, 0.25) is 5.91 Å². The fraction of sp³-hybridized carbons (Fsp3) is 0.562. The molecule has 3 nitrogen and oxygen atoms in total. The lowest BCUT2D eigenvalue weighted by molar-refractivity contribution is -0.126. The largest absolute Gasteiger partial charge is 0.349 e. The second kappa shape index (κ2) is 7.12. The first-order chi connectivity index (χ1) is 9.70. The Hall–Kier alpha value is -0.580. The standard InChI is InChI=1S/C16H21BrN2O.ClH/c17-14-6-2-5-13-12(14)7-8-15(13)19-16(20)11-4-1-3-10(11)9-18;/h2,5-6,10-11,15H,1,3-4,7-9,18H2,(H,19,20);1H/t10-,11-,15?;/m1./s1. The highest BCUT2D eigenvalue weighted by molar-refractivity contribution is 9.10. The zero-order chi connectivity index (χ0) is 14.1. The molecule has 1 aromatic rings. The van der Waals surface area contributed by atoms with E-state index in [0.29, 0.717) is 12.5 Å². The topological polar surface area (TPSA) is 55.1 Å². The van der Waals surface area contributed by atoms with Crippen molar-refractivity contribution in [3.05, 3.63) is 33.8 Å². The predicted molar refractivity (Wildman–Crippen MR) is 90.5 cm³/mol. The lowest BCUT2D eigenvalue weighted by Crippen LogP contribution is -2.36. The van der Waals surface area contributed by atoms with Crippen molar-refractivity contribution in [2.24, 2.45) is 17.6 Å². The number of carbonyl (C=O) groups excluding carboxylic acids is 1. The summed E-state index contributed by atoms with van der Waals surface area (Å²) < 4.78 is 1.16. The first-order valence-electron chi connectivity index (χ1n) is 7.48. The molecule has 1 saturated carbocycles. The molecule has 5 heteroatoms. The molecule has 1 amide bonds. The fourth-order valence-electron chi connectivity index (χ4n) is 3.70. The summed E-state index contributed by atoms with van der Waals surface area (Å²) in [6, 6.07) is 6.43. The highest BCUT2D eigenvalue weighted by Crippen LogP contribution is 2.37. The van der Waals surface area contributed by atoms with Crippen LogP contribution in [0.3, 0.4) is 0 Å². The zero-order valence-corrected chi connectivity index (χ0v) is 14.4. The third-order valence-electron chi connectivity index (χ3n) is 4.83. The molecule has 21 heavy (non-hydrogen) atoms. The molecule has 1 aromatic carbocycles. The Labute approximate surface area is 140 Å². The van der Waals surface area contributed by atoms with E-state index in [2.05, 4.69) is 33.4 Å². The first-order valence-corrected chi connectivity index (χ1v) is 8.27. The Morgan fingerprint density at radius 1 is 1.33 bits per heavy atom. The first kappa shape index (κ1) is 16.8. The van der Waals surface area contributed by atoms with Crippen molar-refractivity contribution in [2.75, 3.05) is 6.54 Å². The van der Waals surface area contributed by atoms with Crippen LogP contribution in [-0.2, 0) is 11.2 Å². The van der Waals surface area contributed by atoms with Crippen LogP contribution >= 0.6 is 28.3 Å². The maximum atomic E-state index is 12.5. The molecule has 1 fully saturated rings. The van der Waals surface area contributed by atoms with Crippen LogP contribution in [-0.4, -0.2) is 12.5 Å². The number of amides is 1. The average Bonchev–Trinajstić information content (AvgIpc) is 3.06. The number of benzene rings is 1. The highest BCUT2D eigenvalue weighted by atomic mass is 79.9. The van der Waals surface area contributed by atoms with Gasteiger partial charge in [0.1, 0.15) is 0 Å². The van der Waals surface area contributed by atoms with E-state index in [-0.39, 0.29) is 30.3 Å². The summed E-state index contributed by atoms with van der Waals surface area (Å²) in [4.78, 5) is 12.5. The van der Waals surface area contributed by atoms with E-state index in [9.17, 15) is 4.79 Å². The molecule has 0 bridgehead atoms. The van der Waals surface area contributed by atoms with Crippen molar-refractivity contribution in [2.45, 2.75) is 38.1 Å². The van der Waals surface area contributed by atoms with Crippen molar-refractivity contribution >= 4 is 34.2 Å². The average molecular weight is 374 g/mol. The molecule has 3 N–H and O–H groups in total. The molecule has 2 aliphatic rings.